The Morgan fingerprint density at radius 1 is 1.17 bits per heavy atom. The molecule has 1 N–H and O–H groups in total. The average Bonchev–Trinajstić information content (AvgIpc) is 3.04. The summed E-state index contributed by atoms with van der Waals surface area (Å²) in [7, 11) is -3.09. The third kappa shape index (κ3) is 4.77. The molecule has 0 atom stereocenters. The van der Waals surface area contributed by atoms with Gasteiger partial charge in [-0.1, -0.05) is 24.4 Å². The summed E-state index contributed by atoms with van der Waals surface area (Å²) in [5, 5.41) is 7.53. The van der Waals surface area contributed by atoms with Crippen molar-refractivity contribution in [3.05, 3.63) is 11.7 Å². The summed E-state index contributed by atoms with van der Waals surface area (Å²) in [5.74, 6) is 2.32. The highest BCUT2D eigenvalue weighted by Crippen LogP contribution is 2.27. The topological polar surface area (TPSA) is 88.3 Å². The van der Waals surface area contributed by atoms with Crippen LogP contribution >= 0.6 is 0 Å². The molecule has 1 aromatic heterocycles. The van der Waals surface area contributed by atoms with Crippen molar-refractivity contribution >= 4 is 10.0 Å². The zero-order valence-corrected chi connectivity index (χ0v) is 15.2. The molecule has 1 saturated heterocycles. The largest absolute Gasteiger partial charge is 0.338 e. The Balaban J connectivity index is 1.44. The summed E-state index contributed by atoms with van der Waals surface area (Å²) >= 11 is 0. The van der Waals surface area contributed by atoms with Crippen LogP contribution in [0.2, 0.25) is 0 Å². The molecule has 136 valence electrons. The number of hydrogen-bond acceptors (Lipinski definition) is 6. The normalized spacial score (nSPS) is 22.0. The van der Waals surface area contributed by atoms with Gasteiger partial charge >= 0.3 is 0 Å². The Kier molecular flexibility index (Phi) is 5.89. The second kappa shape index (κ2) is 7.93. The van der Waals surface area contributed by atoms with Crippen molar-refractivity contribution in [2.75, 3.05) is 25.9 Å². The molecular formula is C16H28N4O3S. The van der Waals surface area contributed by atoms with Crippen LogP contribution < -0.4 is 5.32 Å². The third-order valence-corrected chi connectivity index (χ3v) is 6.51. The van der Waals surface area contributed by atoms with E-state index in [0.29, 0.717) is 25.5 Å². The van der Waals surface area contributed by atoms with Crippen LogP contribution in [0.1, 0.15) is 62.6 Å². The highest BCUT2D eigenvalue weighted by atomic mass is 32.2. The predicted octanol–water partition coefficient (Wildman–Crippen LogP) is 1.88. The van der Waals surface area contributed by atoms with Gasteiger partial charge in [0.2, 0.25) is 15.9 Å². The fraction of sp³-hybridized carbons (Fsp3) is 0.875. The lowest BCUT2D eigenvalue weighted by atomic mass is 9.89. The van der Waals surface area contributed by atoms with Gasteiger partial charge in [0.05, 0.1) is 12.8 Å². The minimum absolute atomic E-state index is 0.193. The van der Waals surface area contributed by atoms with Crippen LogP contribution in [0.3, 0.4) is 0 Å². The molecule has 1 saturated carbocycles. The van der Waals surface area contributed by atoms with E-state index in [4.69, 9.17) is 4.52 Å². The highest BCUT2D eigenvalue weighted by molar-refractivity contribution is 7.88. The number of piperidine rings is 1. The second-order valence-electron chi connectivity index (χ2n) is 7.12. The Hall–Kier alpha value is -0.990. The Labute approximate surface area is 144 Å². The molecule has 0 bridgehead atoms. The minimum Gasteiger partial charge on any atom is -0.338 e. The number of rotatable bonds is 6. The van der Waals surface area contributed by atoms with Crippen molar-refractivity contribution < 1.29 is 12.9 Å². The molecule has 8 heteroatoms. The molecule has 0 aromatic carbocycles. The van der Waals surface area contributed by atoms with Gasteiger partial charge in [-0.25, -0.2) is 12.7 Å². The Morgan fingerprint density at radius 2 is 1.88 bits per heavy atom. The van der Waals surface area contributed by atoms with Gasteiger partial charge in [-0.3, -0.25) is 0 Å². The van der Waals surface area contributed by atoms with E-state index in [9.17, 15) is 8.42 Å². The number of nitrogens with one attached hydrogen (secondary N) is 1. The first-order valence-corrected chi connectivity index (χ1v) is 10.9. The third-order valence-electron chi connectivity index (χ3n) is 5.21. The maximum atomic E-state index is 11.6. The first kappa shape index (κ1) is 17.8. The van der Waals surface area contributed by atoms with Crippen molar-refractivity contribution in [3.63, 3.8) is 0 Å². The second-order valence-corrected chi connectivity index (χ2v) is 9.10. The molecule has 1 aliphatic carbocycles. The average molecular weight is 356 g/mol. The number of hydrogen-bond donors (Lipinski definition) is 1. The molecule has 0 amide bonds. The summed E-state index contributed by atoms with van der Waals surface area (Å²) in [5.41, 5.74) is 0. The van der Waals surface area contributed by atoms with E-state index in [2.05, 4.69) is 15.5 Å². The lowest BCUT2D eigenvalue weighted by Crippen LogP contribution is -2.37. The molecule has 0 radical (unpaired) electrons. The van der Waals surface area contributed by atoms with Crippen molar-refractivity contribution in [2.24, 2.45) is 5.92 Å². The van der Waals surface area contributed by atoms with Gasteiger partial charge in [-0.15, -0.1) is 0 Å². The smallest absolute Gasteiger partial charge is 0.240 e. The highest BCUT2D eigenvalue weighted by Gasteiger charge is 2.28. The Morgan fingerprint density at radius 3 is 2.54 bits per heavy atom. The van der Waals surface area contributed by atoms with Crippen LogP contribution in [0.5, 0.6) is 0 Å². The number of nitrogens with zero attached hydrogens (tertiary/aromatic N) is 3. The molecule has 2 fully saturated rings. The van der Waals surface area contributed by atoms with Crippen LogP contribution in [-0.2, 0) is 16.6 Å². The predicted molar refractivity (Wildman–Crippen MR) is 91.0 cm³/mol. The van der Waals surface area contributed by atoms with E-state index in [0.717, 1.165) is 31.1 Å². The summed E-state index contributed by atoms with van der Waals surface area (Å²) in [6.45, 7) is 2.71. The van der Waals surface area contributed by atoms with Gasteiger partial charge < -0.3 is 9.84 Å². The van der Waals surface area contributed by atoms with Crippen molar-refractivity contribution in [1.29, 1.82) is 0 Å². The standard InChI is InChI=1S/C16H28N4O3S/c1-24(21,22)20-9-7-14(8-10-20)16-18-15(23-19-16)12-17-11-13-5-3-2-4-6-13/h13-14,17H,2-12H2,1H3. The van der Waals surface area contributed by atoms with E-state index < -0.39 is 10.0 Å². The van der Waals surface area contributed by atoms with Gasteiger partial charge in [-0.05, 0) is 38.1 Å². The van der Waals surface area contributed by atoms with Crippen molar-refractivity contribution in [1.82, 2.24) is 19.8 Å². The minimum atomic E-state index is -3.09. The summed E-state index contributed by atoms with van der Waals surface area (Å²) in [6.07, 6.45) is 9.48. The molecule has 0 spiro atoms. The van der Waals surface area contributed by atoms with E-state index in [1.54, 1.807) is 0 Å². The maximum Gasteiger partial charge on any atom is 0.240 e. The molecule has 3 rings (SSSR count). The molecular weight excluding hydrogens is 328 g/mol. The van der Waals surface area contributed by atoms with Gasteiger partial charge in [0.1, 0.15) is 0 Å². The fourth-order valence-electron chi connectivity index (χ4n) is 3.73. The summed E-state index contributed by atoms with van der Waals surface area (Å²) in [6, 6.07) is 0. The first-order valence-electron chi connectivity index (χ1n) is 9.00. The zero-order chi connectivity index (χ0) is 17.0. The molecule has 1 aliphatic heterocycles. The van der Waals surface area contributed by atoms with Gasteiger partial charge in [0, 0.05) is 19.0 Å². The van der Waals surface area contributed by atoms with E-state index in [1.165, 1.54) is 42.7 Å². The van der Waals surface area contributed by atoms with Gasteiger partial charge in [0.15, 0.2) is 5.82 Å². The molecule has 24 heavy (non-hydrogen) atoms. The number of sulfonamides is 1. The summed E-state index contributed by atoms with van der Waals surface area (Å²) in [4.78, 5) is 4.50. The number of aromatic nitrogens is 2. The first-order chi connectivity index (χ1) is 11.5. The SMILES string of the molecule is CS(=O)(=O)N1CCC(c2noc(CNCC3CCCCC3)n2)CC1. The molecule has 2 heterocycles. The Bertz CT molecular complexity index is 617. The monoisotopic (exact) mass is 356 g/mol. The molecule has 0 unspecified atom stereocenters. The lowest BCUT2D eigenvalue weighted by Gasteiger charge is -2.28. The van der Waals surface area contributed by atoms with Crippen LogP contribution in [0.4, 0.5) is 0 Å². The van der Waals surface area contributed by atoms with Gasteiger partial charge in [-0.2, -0.15) is 4.98 Å². The lowest BCUT2D eigenvalue weighted by molar-refractivity contribution is 0.303. The maximum absolute atomic E-state index is 11.6. The van der Waals surface area contributed by atoms with E-state index in [-0.39, 0.29) is 5.92 Å². The zero-order valence-electron chi connectivity index (χ0n) is 14.4. The van der Waals surface area contributed by atoms with E-state index in [1.807, 2.05) is 0 Å². The van der Waals surface area contributed by atoms with Gasteiger partial charge in [0.25, 0.3) is 0 Å². The van der Waals surface area contributed by atoms with Crippen LogP contribution in [0.25, 0.3) is 0 Å². The fourth-order valence-corrected chi connectivity index (χ4v) is 4.60. The summed E-state index contributed by atoms with van der Waals surface area (Å²) < 4.78 is 30.0. The van der Waals surface area contributed by atoms with Crippen LogP contribution in [0.15, 0.2) is 4.52 Å². The molecule has 1 aromatic rings. The van der Waals surface area contributed by atoms with Crippen molar-refractivity contribution in [2.45, 2.75) is 57.4 Å². The quantitative estimate of drug-likeness (QED) is 0.837. The molecule has 2 aliphatic rings. The molecule has 7 nitrogen and oxygen atoms in total. The van der Waals surface area contributed by atoms with Crippen LogP contribution in [0, 0.1) is 5.92 Å². The van der Waals surface area contributed by atoms with E-state index >= 15 is 0 Å². The van der Waals surface area contributed by atoms with Crippen LogP contribution in [-0.4, -0.2) is 48.8 Å². The van der Waals surface area contributed by atoms with Crippen molar-refractivity contribution in [3.8, 4) is 0 Å².